The van der Waals surface area contributed by atoms with Crippen LogP contribution in [0.15, 0.2) is 0 Å². The van der Waals surface area contributed by atoms with Crippen molar-refractivity contribution in [2.45, 2.75) is 45.9 Å². The highest BCUT2D eigenvalue weighted by molar-refractivity contribution is 6.62. The van der Waals surface area contributed by atoms with Crippen molar-refractivity contribution < 1.29 is 13.3 Å². The van der Waals surface area contributed by atoms with Gasteiger partial charge in [-0.3, -0.25) is 0 Å². The first-order valence-corrected chi connectivity index (χ1v) is 7.73. The molecule has 0 amide bonds. The fourth-order valence-electron chi connectivity index (χ4n) is 1.46. The molecule has 0 aliphatic carbocycles. The summed E-state index contributed by atoms with van der Waals surface area (Å²) in [4.78, 5) is 0. The van der Waals surface area contributed by atoms with Gasteiger partial charge in [-0.15, -0.1) is 0 Å². The lowest BCUT2D eigenvalue weighted by atomic mass is 10.3. The van der Waals surface area contributed by atoms with Crippen molar-refractivity contribution in [2.24, 2.45) is 11.5 Å². The SMILES string of the molecule is CCO[Si](OCC)(OC(C)CCN)C(C)N. The van der Waals surface area contributed by atoms with E-state index in [-0.39, 0.29) is 11.8 Å². The number of nitrogens with two attached hydrogens (primary N) is 2. The van der Waals surface area contributed by atoms with Crippen molar-refractivity contribution in [1.29, 1.82) is 0 Å². The zero-order valence-corrected chi connectivity index (χ0v) is 11.9. The molecule has 0 aromatic heterocycles. The molecule has 0 saturated heterocycles. The third-order valence-corrected chi connectivity index (χ3v) is 5.42. The molecule has 2 unspecified atom stereocenters. The minimum absolute atomic E-state index is 0.0146. The van der Waals surface area contributed by atoms with Gasteiger partial charge in [-0.25, -0.2) is 0 Å². The monoisotopic (exact) mass is 250 g/mol. The average molecular weight is 250 g/mol. The lowest BCUT2D eigenvalue weighted by Gasteiger charge is -2.34. The Hall–Kier alpha value is 0.0169. The van der Waals surface area contributed by atoms with Crippen LogP contribution in [0.4, 0.5) is 0 Å². The van der Waals surface area contributed by atoms with Crippen molar-refractivity contribution in [3.8, 4) is 0 Å². The molecule has 0 saturated carbocycles. The average Bonchev–Trinajstić information content (AvgIpc) is 2.18. The molecule has 0 aromatic rings. The third-order valence-electron chi connectivity index (χ3n) is 2.19. The van der Waals surface area contributed by atoms with Crippen LogP contribution in [-0.4, -0.2) is 40.3 Å². The van der Waals surface area contributed by atoms with Crippen LogP contribution < -0.4 is 11.5 Å². The van der Waals surface area contributed by atoms with Gasteiger partial charge in [0.2, 0.25) is 0 Å². The van der Waals surface area contributed by atoms with Gasteiger partial charge in [0.1, 0.15) is 0 Å². The molecule has 0 radical (unpaired) electrons. The maximum Gasteiger partial charge on any atom is 0.518 e. The predicted octanol–water partition coefficient (Wildman–Crippen LogP) is 0.639. The highest BCUT2D eigenvalue weighted by atomic mass is 28.4. The van der Waals surface area contributed by atoms with Gasteiger partial charge in [0.25, 0.3) is 0 Å². The Bertz CT molecular complexity index is 175. The van der Waals surface area contributed by atoms with E-state index in [4.69, 9.17) is 24.7 Å². The van der Waals surface area contributed by atoms with Gasteiger partial charge in [-0.1, -0.05) is 0 Å². The van der Waals surface area contributed by atoms with E-state index in [1.54, 1.807) is 0 Å². The lowest BCUT2D eigenvalue weighted by molar-refractivity contribution is 0.0301. The van der Waals surface area contributed by atoms with Crippen molar-refractivity contribution in [1.82, 2.24) is 0 Å². The normalized spacial score (nSPS) is 16.1. The standard InChI is InChI=1S/C10H26N2O3Si/c1-5-13-16(10(4)12,14-6-2)15-9(3)7-8-11/h9-10H,5-8,11-12H2,1-4H3. The molecule has 5 nitrogen and oxygen atoms in total. The maximum atomic E-state index is 5.94. The molecule has 16 heavy (non-hydrogen) atoms. The third kappa shape index (κ3) is 4.90. The second-order valence-corrected chi connectivity index (χ2v) is 6.69. The summed E-state index contributed by atoms with van der Waals surface area (Å²) in [5.41, 5.74) is 11.2. The molecule has 98 valence electrons. The highest BCUT2D eigenvalue weighted by Gasteiger charge is 2.46. The van der Waals surface area contributed by atoms with Gasteiger partial charge in [0, 0.05) is 19.3 Å². The van der Waals surface area contributed by atoms with Gasteiger partial charge >= 0.3 is 8.80 Å². The molecule has 0 spiro atoms. The fourth-order valence-corrected chi connectivity index (χ4v) is 3.90. The highest BCUT2D eigenvalue weighted by Crippen LogP contribution is 2.17. The van der Waals surface area contributed by atoms with Gasteiger partial charge < -0.3 is 24.7 Å². The topological polar surface area (TPSA) is 79.7 Å². The Labute approximate surface area is 99.8 Å². The maximum absolute atomic E-state index is 5.94. The molecule has 0 bridgehead atoms. The molecule has 6 heteroatoms. The van der Waals surface area contributed by atoms with Gasteiger partial charge in [-0.2, -0.15) is 0 Å². The van der Waals surface area contributed by atoms with Gasteiger partial charge in [-0.05, 0) is 40.7 Å². The van der Waals surface area contributed by atoms with Gasteiger partial charge in [0.15, 0.2) is 0 Å². The second-order valence-electron chi connectivity index (χ2n) is 3.76. The van der Waals surface area contributed by atoms with Crippen LogP contribution in [0.1, 0.15) is 34.1 Å². The summed E-state index contributed by atoms with van der Waals surface area (Å²) in [5.74, 6) is 0. The summed E-state index contributed by atoms with van der Waals surface area (Å²) in [6.45, 7) is 9.34. The van der Waals surface area contributed by atoms with Crippen molar-refractivity contribution in [3.05, 3.63) is 0 Å². The molecule has 0 fully saturated rings. The first kappa shape index (κ1) is 16.0. The van der Waals surface area contributed by atoms with Crippen LogP contribution in [0.5, 0.6) is 0 Å². The Balaban J connectivity index is 4.59. The van der Waals surface area contributed by atoms with E-state index < -0.39 is 8.80 Å². The summed E-state index contributed by atoms with van der Waals surface area (Å²) in [6.07, 6.45) is 0.794. The molecule has 0 rings (SSSR count). The molecule has 0 aliphatic heterocycles. The van der Waals surface area contributed by atoms with Crippen LogP contribution in [0.2, 0.25) is 0 Å². The minimum Gasteiger partial charge on any atom is -0.373 e. The Morgan fingerprint density at radius 2 is 1.62 bits per heavy atom. The van der Waals surface area contributed by atoms with Crippen LogP contribution in [0.3, 0.4) is 0 Å². The van der Waals surface area contributed by atoms with Crippen LogP contribution in [0.25, 0.3) is 0 Å². The van der Waals surface area contributed by atoms with Gasteiger partial charge in [0.05, 0.1) is 5.67 Å². The van der Waals surface area contributed by atoms with Crippen molar-refractivity contribution in [2.75, 3.05) is 19.8 Å². The predicted molar refractivity (Wildman–Crippen MR) is 66.9 cm³/mol. The largest absolute Gasteiger partial charge is 0.518 e. The molecule has 4 N–H and O–H groups in total. The van der Waals surface area contributed by atoms with Crippen LogP contribution in [0, 0.1) is 0 Å². The van der Waals surface area contributed by atoms with Crippen LogP contribution in [-0.2, 0) is 13.3 Å². The van der Waals surface area contributed by atoms with Crippen LogP contribution >= 0.6 is 0 Å². The second kappa shape index (κ2) is 8.16. The summed E-state index contributed by atoms with van der Waals surface area (Å²) >= 11 is 0. The quantitative estimate of drug-likeness (QED) is 0.587. The Morgan fingerprint density at radius 1 is 1.12 bits per heavy atom. The van der Waals surface area contributed by atoms with E-state index in [0.29, 0.717) is 19.8 Å². The fraction of sp³-hybridized carbons (Fsp3) is 1.00. The lowest BCUT2D eigenvalue weighted by Crippen LogP contribution is -2.60. The minimum atomic E-state index is -2.75. The van der Waals surface area contributed by atoms with E-state index in [1.807, 2.05) is 27.7 Å². The molecule has 2 atom stereocenters. The smallest absolute Gasteiger partial charge is 0.373 e. The van der Waals surface area contributed by atoms with E-state index in [1.165, 1.54) is 0 Å². The number of hydrogen-bond acceptors (Lipinski definition) is 5. The summed E-state index contributed by atoms with van der Waals surface area (Å²) in [7, 11) is -2.75. The first-order valence-electron chi connectivity index (χ1n) is 5.93. The Morgan fingerprint density at radius 3 is 1.94 bits per heavy atom. The molecular weight excluding hydrogens is 224 g/mol. The van der Waals surface area contributed by atoms with E-state index in [2.05, 4.69) is 0 Å². The molecule has 0 aromatic carbocycles. The first-order chi connectivity index (χ1) is 7.52. The van der Waals surface area contributed by atoms with E-state index in [9.17, 15) is 0 Å². The molecular formula is C10H26N2O3Si. The molecule has 0 heterocycles. The van der Waals surface area contributed by atoms with Crippen molar-refractivity contribution in [3.63, 3.8) is 0 Å². The van der Waals surface area contributed by atoms with E-state index >= 15 is 0 Å². The number of hydrogen-bond donors (Lipinski definition) is 2. The summed E-state index contributed by atoms with van der Waals surface area (Å²) < 4.78 is 17.3. The van der Waals surface area contributed by atoms with E-state index in [0.717, 1.165) is 6.42 Å². The summed E-state index contributed by atoms with van der Waals surface area (Å²) in [5, 5.41) is 0. The zero-order valence-electron chi connectivity index (χ0n) is 10.9. The Kier molecular flexibility index (Phi) is 8.17. The molecule has 0 aliphatic rings. The number of rotatable bonds is 9. The zero-order chi connectivity index (χ0) is 12.6. The summed E-state index contributed by atoms with van der Waals surface area (Å²) in [6, 6.07) is 0. The van der Waals surface area contributed by atoms with Crippen molar-refractivity contribution >= 4 is 8.80 Å².